The summed E-state index contributed by atoms with van der Waals surface area (Å²) in [5.74, 6) is -2.22. The van der Waals surface area contributed by atoms with Crippen molar-refractivity contribution in [2.45, 2.75) is 27.7 Å². The van der Waals surface area contributed by atoms with E-state index in [9.17, 15) is 19.8 Å². The summed E-state index contributed by atoms with van der Waals surface area (Å²) in [5.41, 5.74) is 4.18. The predicted molar refractivity (Wildman–Crippen MR) is 80.5 cm³/mol. The molecule has 23 heavy (non-hydrogen) atoms. The molecule has 2 aromatic rings. The zero-order valence-corrected chi connectivity index (χ0v) is 17.8. The SMILES string of the molecule is Cc1ccc(C(=O)[O-])c(C)c1.Cc1ccc(C(=O)[O-])c(C)c1.[Cd+2]. The Morgan fingerprint density at radius 1 is 0.696 bits per heavy atom. The van der Waals surface area contributed by atoms with Gasteiger partial charge in [-0.2, -0.15) is 0 Å². The van der Waals surface area contributed by atoms with Crippen molar-refractivity contribution < 1.29 is 47.1 Å². The molecular weight excluding hydrogens is 393 g/mol. The third-order valence-electron chi connectivity index (χ3n) is 3.20. The second-order valence-corrected chi connectivity index (χ2v) is 5.21. The van der Waals surface area contributed by atoms with Crippen LogP contribution in [0.3, 0.4) is 0 Å². The van der Waals surface area contributed by atoms with Crippen LogP contribution in [0.1, 0.15) is 43.0 Å². The van der Waals surface area contributed by atoms with E-state index in [1.54, 1.807) is 38.1 Å². The molecule has 0 radical (unpaired) electrons. The molecule has 0 aliphatic rings. The summed E-state index contributed by atoms with van der Waals surface area (Å²) in [4.78, 5) is 20.8. The molecule has 0 aliphatic heterocycles. The maximum atomic E-state index is 10.4. The number of carbonyl (C=O) groups excluding carboxylic acids is 2. The molecule has 0 saturated heterocycles. The number of aryl methyl sites for hydroxylation is 4. The second-order valence-electron chi connectivity index (χ2n) is 5.21. The normalized spacial score (nSPS) is 9.22. The molecule has 4 nitrogen and oxygen atoms in total. The van der Waals surface area contributed by atoms with E-state index in [1.165, 1.54) is 0 Å². The predicted octanol–water partition coefficient (Wildman–Crippen LogP) is 1.33. The first-order valence-electron chi connectivity index (χ1n) is 6.79. The molecule has 0 atom stereocenters. The summed E-state index contributed by atoms with van der Waals surface area (Å²) in [6.07, 6.45) is 0. The standard InChI is InChI=1S/2C9H10O2.Cd/c2*1-6-3-4-8(9(10)11)7(2)5-6;/h2*3-5H,1-2H3,(H,10,11);/q;;+2/p-2. The summed E-state index contributed by atoms with van der Waals surface area (Å²) >= 11 is 0. The van der Waals surface area contributed by atoms with Gasteiger partial charge in [0.2, 0.25) is 0 Å². The Balaban J connectivity index is 0.000000403. The van der Waals surface area contributed by atoms with Crippen molar-refractivity contribution in [1.29, 1.82) is 0 Å². The van der Waals surface area contributed by atoms with Gasteiger partial charge < -0.3 is 19.8 Å². The van der Waals surface area contributed by atoms with E-state index in [0.29, 0.717) is 0 Å². The summed E-state index contributed by atoms with van der Waals surface area (Å²) in [7, 11) is 0. The minimum absolute atomic E-state index is 0. The monoisotopic (exact) mass is 412 g/mol. The average molecular weight is 411 g/mol. The van der Waals surface area contributed by atoms with E-state index in [2.05, 4.69) is 0 Å². The van der Waals surface area contributed by atoms with E-state index in [1.807, 2.05) is 26.0 Å². The molecule has 5 heteroatoms. The van der Waals surface area contributed by atoms with Crippen molar-refractivity contribution in [1.82, 2.24) is 0 Å². The third kappa shape index (κ3) is 6.52. The van der Waals surface area contributed by atoms with Crippen LogP contribution < -0.4 is 10.2 Å². The molecule has 0 N–H and O–H groups in total. The minimum atomic E-state index is -1.11. The first-order valence-corrected chi connectivity index (χ1v) is 6.79. The van der Waals surface area contributed by atoms with E-state index < -0.39 is 11.9 Å². The Morgan fingerprint density at radius 2 is 1.00 bits per heavy atom. The van der Waals surface area contributed by atoms with Crippen LogP contribution in [0.5, 0.6) is 0 Å². The molecule has 116 valence electrons. The van der Waals surface area contributed by atoms with Gasteiger partial charge in [0.1, 0.15) is 0 Å². The first-order chi connectivity index (χ1) is 10.2. The van der Waals surface area contributed by atoms with Gasteiger partial charge in [0.05, 0.1) is 11.9 Å². The molecule has 0 fully saturated rings. The summed E-state index contributed by atoms with van der Waals surface area (Å²) < 4.78 is 0. The first kappa shape index (κ1) is 21.3. The van der Waals surface area contributed by atoms with Crippen molar-refractivity contribution in [3.8, 4) is 0 Å². The van der Waals surface area contributed by atoms with Crippen LogP contribution in [0.4, 0.5) is 0 Å². The fourth-order valence-corrected chi connectivity index (χ4v) is 2.09. The van der Waals surface area contributed by atoms with E-state index in [4.69, 9.17) is 0 Å². The number of carbonyl (C=O) groups is 2. The molecule has 0 amide bonds. The topological polar surface area (TPSA) is 80.3 Å². The maximum Gasteiger partial charge on any atom is 2.00 e. The molecule has 0 aliphatic carbocycles. The number of carboxylic acid groups (broad SMARTS) is 2. The number of hydrogen-bond donors (Lipinski definition) is 0. The summed E-state index contributed by atoms with van der Waals surface area (Å²) in [6.45, 7) is 7.37. The second kappa shape index (κ2) is 9.44. The average Bonchev–Trinajstić information content (AvgIpc) is 2.38. The van der Waals surface area contributed by atoms with Gasteiger partial charge in [-0.25, -0.2) is 0 Å². The zero-order valence-electron chi connectivity index (χ0n) is 13.8. The van der Waals surface area contributed by atoms with Crippen LogP contribution in [-0.2, 0) is 27.3 Å². The molecule has 0 spiro atoms. The number of carboxylic acids is 2. The third-order valence-corrected chi connectivity index (χ3v) is 3.20. The van der Waals surface area contributed by atoms with Gasteiger partial charge in [0.25, 0.3) is 0 Å². The minimum Gasteiger partial charge on any atom is -0.545 e. The summed E-state index contributed by atoms with van der Waals surface area (Å²) in [6, 6.07) is 10.3. The van der Waals surface area contributed by atoms with Crippen molar-refractivity contribution in [2.24, 2.45) is 0 Å². The Kier molecular flexibility index (Phi) is 8.75. The molecule has 0 unspecified atom stereocenters. The Bertz CT molecular complexity index is 647. The van der Waals surface area contributed by atoms with Crippen LogP contribution >= 0.6 is 0 Å². The van der Waals surface area contributed by atoms with E-state index in [-0.39, 0.29) is 38.4 Å². The Morgan fingerprint density at radius 3 is 1.22 bits per heavy atom. The van der Waals surface area contributed by atoms with Crippen LogP contribution in [0.15, 0.2) is 36.4 Å². The maximum absolute atomic E-state index is 10.4. The number of rotatable bonds is 2. The zero-order chi connectivity index (χ0) is 16.9. The van der Waals surface area contributed by atoms with E-state index >= 15 is 0 Å². The van der Waals surface area contributed by atoms with Gasteiger partial charge in [-0.3, -0.25) is 0 Å². The molecule has 2 rings (SSSR count). The van der Waals surface area contributed by atoms with Crippen molar-refractivity contribution >= 4 is 11.9 Å². The number of hydrogen-bond acceptors (Lipinski definition) is 4. The Hall–Kier alpha value is -1.70. The van der Waals surface area contributed by atoms with Crippen molar-refractivity contribution in [3.63, 3.8) is 0 Å². The van der Waals surface area contributed by atoms with Gasteiger partial charge in [-0.1, -0.05) is 47.5 Å². The van der Waals surface area contributed by atoms with E-state index in [0.717, 1.165) is 22.3 Å². The molecule has 0 bridgehead atoms. The van der Waals surface area contributed by atoms with Crippen LogP contribution in [-0.4, -0.2) is 11.9 Å². The summed E-state index contributed by atoms with van der Waals surface area (Å²) in [5, 5.41) is 20.8. The fourth-order valence-electron chi connectivity index (χ4n) is 2.09. The van der Waals surface area contributed by atoms with Gasteiger partial charge in [-0.15, -0.1) is 0 Å². The van der Waals surface area contributed by atoms with Gasteiger partial charge >= 0.3 is 27.3 Å². The van der Waals surface area contributed by atoms with Gasteiger partial charge in [-0.05, 0) is 38.8 Å². The molecule has 0 saturated carbocycles. The van der Waals surface area contributed by atoms with Crippen LogP contribution in [0, 0.1) is 27.7 Å². The number of aromatic carboxylic acids is 2. The molecule has 2 aromatic carbocycles. The Labute approximate surface area is 156 Å². The quantitative estimate of drug-likeness (QED) is 0.700. The van der Waals surface area contributed by atoms with Crippen LogP contribution in [0.25, 0.3) is 0 Å². The molecule has 0 heterocycles. The largest absolute Gasteiger partial charge is 2.00 e. The smallest absolute Gasteiger partial charge is 0.545 e. The van der Waals surface area contributed by atoms with Gasteiger partial charge in [0, 0.05) is 11.1 Å². The fraction of sp³-hybridized carbons (Fsp3) is 0.222. The van der Waals surface area contributed by atoms with Crippen LogP contribution in [0.2, 0.25) is 0 Å². The van der Waals surface area contributed by atoms with Crippen molar-refractivity contribution in [3.05, 3.63) is 69.8 Å². The van der Waals surface area contributed by atoms with Crippen molar-refractivity contribution in [2.75, 3.05) is 0 Å². The van der Waals surface area contributed by atoms with Gasteiger partial charge in [0.15, 0.2) is 0 Å². The molecular formula is C18H18CdO4. The number of benzene rings is 2. The molecule has 0 aromatic heterocycles.